The van der Waals surface area contributed by atoms with Crippen molar-refractivity contribution in [2.45, 2.75) is 32.4 Å². The average molecular weight is 261 g/mol. The van der Waals surface area contributed by atoms with E-state index < -0.39 is 6.10 Å². The van der Waals surface area contributed by atoms with E-state index in [0.29, 0.717) is 18.7 Å². The number of hydrogen-bond donors (Lipinski definition) is 1. The number of nitrogens with zero attached hydrogens (tertiary/aromatic N) is 3. The van der Waals surface area contributed by atoms with Crippen LogP contribution in [0.1, 0.15) is 18.1 Å². The fourth-order valence-electron chi connectivity index (χ4n) is 1.95. The lowest BCUT2D eigenvalue weighted by Gasteiger charge is -2.09. The highest BCUT2D eigenvalue weighted by atomic mass is 16.5. The zero-order valence-corrected chi connectivity index (χ0v) is 11.3. The van der Waals surface area contributed by atoms with Gasteiger partial charge >= 0.3 is 0 Å². The summed E-state index contributed by atoms with van der Waals surface area (Å²) < 4.78 is 6.86. The van der Waals surface area contributed by atoms with Crippen molar-refractivity contribution in [1.29, 1.82) is 0 Å². The van der Waals surface area contributed by atoms with Crippen LogP contribution >= 0.6 is 0 Å². The number of hydrogen-bond acceptors (Lipinski definition) is 4. The molecule has 5 nitrogen and oxygen atoms in total. The second kappa shape index (κ2) is 6.33. The first-order valence-corrected chi connectivity index (χ1v) is 6.39. The first kappa shape index (κ1) is 13.5. The Balaban J connectivity index is 1.90. The molecule has 19 heavy (non-hydrogen) atoms. The maximum absolute atomic E-state index is 10.1. The van der Waals surface area contributed by atoms with Crippen LogP contribution in [0.25, 0.3) is 0 Å². The zero-order chi connectivity index (χ0) is 13.7. The number of aromatic nitrogens is 3. The van der Waals surface area contributed by atoms with Crippen LogP contribution in [0, 0.1) is 0 Å². The minimum Gasteiger partial charge on any atom is -0.481 e. The number of pyridine rings is 1. The molecule has 0 saturated heterocycles. The van der Waals surface area contributed by atoms with Crippen LogP contribution in [0.2, 0.25) is 0 Å². The Morgan fingerprint density at radius 1 is 1.26 bits per heavy atom. The molecule has 2 rings (SSSR count). The van der Waals surface area contributed by atoms with Crippen molar-refractivity contribution < 1.29 is 9.84 Å². The number of aryl methyl sites for hydroxylation is 1. The summed E-state index contributed by atoms with van der Waals surface area (Å²) in [7, 11) is 1.59. The summed E-state index contributed by atoms with van der Waals surface area (Å²) in [5.41, 5.74) is 2.05. The lowest BCUT2D eigenvalue weighted by Crippen LogP contribution is -2.13. The average Bonchev–Trinajstić information content (AvgIpc) is 2.87. The van der Waals surface area contributed by atoms with Crippen molar-refractivity contribution in [2.24, 2.45) is 0 Å². The normalized spacial score (nSPS) is 12.4. The van der Waals surface area contributed by atoms with E-state index >= 15 is 0 Å². The van der Waals surface area contributed by atoms with Gasteiger partial charge in [0.2, 0.25) is 5.88 Å². The van der Waals surface area contributed by atoms with Crippen molar-refractivity contribution in [3.63, 3.8) is 0 Å². The van der Waals surface area contributed by atoms with Gasteiger partial charge in [-0.1, -0.05) is 6.07 Å². The first-order chi connectivity index (χ1) is 9.21. The molecule has 0 radical (unpaired) electrons. The summed E-state index contributed by atoms with van der Waals surface area (Å²) in [5, 5.41) is 14.3. The summed E-state index contributed by atoms with van der Waals surface area (Å²) in [4.78, 5) is 4.12. The maximum Gasteiger partial charge on any atom is 0.212 e. The molecular weight excluding hydrogens is 242 g/mol. The highest BCUT2D eigenvalue weighted by Gasteiger charge is 2.09. The Morgan fingerprint density at radius 2 is 2.05 bits per heavy atom. The van der Waals surface area contributed by atoms with Crippen LogP contribution in [0.3, 0.4) is 0 Å². The Hall–Kier alpha value is -1.88. The molecule has 102 valence electrons. The third-order valence-corrected chi connectivity index (χ3v) is 2.96. The van der Waals surface area contributed by atoms with Gasteiger partial charge in [0.25, 0.3) is 0 Å². The topological polar surface area (TPSA) is 60.2 Å². The Kier molecular flexibility index (Phi) is 4.52. The summed E-state index contributed by atoms with van der Waals surface area (Å²) >= 11 is 0. The summed E-state index contributed by atoms with van der Waals surface area (Å²) in [5.74, 6) is 0.586. The number of aliphatic hydroxyl groups excluding tert-OH is 1. The first-order valence-electron chi connectivity index (χ1n) is 6.39. The largest absolute Gasteiger partial charge is 0.481 e. The molecule has 0 bridgehead atoms. The highest BCUT2D eigenvalue weighted by Crippen LogP contribution is 2.11. The van der Waals surface area contributed by atoms with Gasteiger partial charge in [-0.15, -0.1) is 0 Å². The van der Waals surface area contributed by atoms with Crippen molar-refractivity contribution in [1.82, 2.24) is 14.8 Å². The minimum atomic E-state index is -0.426. The number of rotatable bonds is 6. The van der Waals surface area contributed by atoms with Crippen LogP contribution < -0.4 is 4.74 Å². The van der Waals surface area contributed by atoms with E-state index in [1.54, 1.807) is 25.6 Å². The molecule has 0 saturated carbocycles. The Bertz CT molecular complexity index is 508. The molecule has 5 heteroatoms. The molecule has 2 aromatic rings. The molecule has 0 aliphatic carbocycles. The summed E-state index contributed by atoms with van der Waals surface area (Å²) in [6.45, 7) is 2.88. The van der Waals surface area contributed by atoms with E-state index in [-0.39, 0.29) is 0 Å². The van der Waals surface area contributed by atoms with Gasteiger partial charge in [0.05, 0.1) is 19.4 Å². The number of ether oxygens (including phenoxy) is 1. The van der Waals surface area contributed by atoms with Crippen LogP contribution in [-0.2, 0) is 19.4 Å². The number of aliphatic hydroxyl groups is 1. The molecule has 0 fully saturated rings. The van der Waals surface area contributed by atoms with E-state index in [1.165, 1.54) is 0 Å². The SMILES string of the molecule is CCn1cc(CC(O)Cc2ccc(OC)nc2)cn1. The second-order valence-corrected chi connectivity index (χ2v) is 4.48. The van der Waals surface area contributed by atoms with E-state index in [1.807, 2.05) is 23.9 Å². The van der Waals surface area contributed by atoms with Gasteiger partial charge in [-0.3, -0.25) is 4.68 Å². The van der Waals surface area contributed by atoms with Gasteiger partial charge in [0, 0.05) is 37.8 Å². The van der Waals surface area contributed by atoms with Gasteiger partial charge in [0.15, 0.2) is 0 Å². The van der Waals surface area contributed by atoms with Gasteiger partial charge in [0.1, 0.15) is 0 Å². The molecule has 0 aliphatic heterocycles. The predicted molar refractivity (Wildman–Crippen MR) is 72.1 cm³/mol. The fourth-order valence-corrected chi connectivity index (χ4v) is 1.95. The highest BCUT2D eigenvalue weighted by molar-refractivity contribution is 5.19. The Morgan fingerprint density at radius 3 is 2.63 bits per heavy atom. The molecule has 0 aliphatic rings. The fraction of sp³-hybridized carbons (Fsp3) is 0.429. The second-order valence-electron chi connectivity index (χ2n) is 4.48. The summed E-state index contributed by atoms with van der Waals surface area (Å²) in [6, 6.07) is 3.72. The van der Waals surface area contributed by atoms with Crippen molar-refractivity contribution in [2.75, 3.05) is 7.11 Å². The van der Waals surface area contributed by atoms with Crippen LogP contribution in [0.15, 0.2) is 30.7 Å². The van der Waals surface area contributed by atoms with Crippen molar-refractivity contribution >= 4 is 0 Å². The quantitative estimate of drug-likeness (QED) is 0.855. The molecular formula is C14H19N3O2. The molecule has 0 aromatic carbocycles. The van der Waals surface area contributed by atoms with Crippen LogP contribution in [0.5, 0.6) is 5.88 Å². The molecule has 0 amide bonds. The van der Waals surface area contributed by atoms with Gasteiger partial charge < -0.3 is 9.84 Å². The van der Waals surface area contributed by atoms with E-state index in [2.05, 4.69) is 10.1 Å². The van der Waals surface area contributed by atoms with E-state index in [9.17, 15) is 5.11 Å². The molecule has 1 atom stereocenters. The van der Waals surface area contributed by atoms with Gasteiger partial charge in [-0.05, 0) is 18.1 Å². The standard InChI is InChI=1S/C14H19N3O2/c1-3-17-10-12(9-16-17)7-13(18)6-11-4-5-14(19-2)15-8-11/h4-5,8-10,13,18H,3,6-7H2,1-2H3. The zero-order valence-electron chi connectivity index (χ0n) is 11.3. The smallest absolute Gasteiger partial charge is 0.212 e. The molecule has 0 spiro atoms. The third-order valence-electron chi connectivity index (χ3n) is 2.96. The van der Waals surface area contributed by atoms with E-state index in [4.69, 9.17) is 4.74 Å². The monoisotopic (exact) mass is 261 g/mol. The van der Waals surface area contributed by atoms with Crippen LogP contribution in [0.4, 0.5) is 0 Å². The molecule has 2 aromatic heterocycles. The van der Waals surface area contributed by atoms with Gasteiger partial charge in [-0.25, -0.2) is 4.98 Å². The lowest BCUT2D eigenvalue weighted by molar-refractivity contribution is 0.175. The van der Waals surface area contributed by atoms with Crippen molar-refractivity contribution in [3.05, 3.63) is 41.9 Å². The number of methoxy groups -OCH3 is 1. The predicted octanol–water partition coefficient (Wildman–Crippen LogP) is 1.45. The summed E-state index contributed by atoms with van der Waals surface area (Å²) in [6.07, 6.45) is 6.26. The molecule has 1 N–H and O–H groups in total. The van der Waals surface area contributed by atoms with Crippen molar-refractivity contribution in [3.8, 4) is 5.88 Å². The van der Waals surface area contributed by atoms with Gasteiger partial charge in [-0.2, -0.15) is 5.10 Å². The minimum absolute atomic E-state index is 0.426. The van der Waals surface area contributed by atoms with Crippen LogP contribution in [-0.4, -0.2) is 33.1 Å². The molecule has 1 unspecified atom stereocenters. The maximum atomic E-state index is 10.1. The van der Waals surface area contributed by atoms with E-state index in [0.717, 1.165) is 17.7 Å². The lowest BCUT2D eigenvalue weighted by atomic mass is 10.0. The molecule has 2 heterocycles. The Labute approximate surface area is 112 Å². The third kappa shape index (κ3) is 3.79.